The number of primary amides is 1. The number of carbonyl (C=O) groups is 2. The summed E-state index contributed by atoms with van der Waals surface area (Å²) in [5.41, 5.74) is 5.06. The van der Waals surface area contributed by atoms with Gasteiger partial charge in [-0.15, -0.1) is 0 Å². The second kappa shape index (κ2) is 5.57. The maximum Gasteiger partial charge on any atom is 0.490 e. The Labute approximate surface area is 84.2 Å². The fraction of sp³-hybridized carbons (Fsp3) is 0.750. The van der Waals surface area contributed by atoms with Gasteiger partial charge in [-0.3, -0.25) is 4.79 Å². The lowest BCUT2D eigenvalue weighted by Crippen LogP contribution is -2.21. The van der Waals surface area contributed by atoms with Gasteiger partial charge in [0, 0.05) is 5.92 Å². The van der Waals surface area contributed by atoms with Crippen LogP contribution < -0.4 is 5.73 Å². The monoisotopic (exact) mass is 227 g/mol. The summed E-state index contributed by atoms with van der Waals surface area (Å²) in [6.45, 7) is 0. The van der Waals surface area contributed by atoms with Gasteiger partial charge in [-0.25, -0.2) is 4.79 Å². The molecule has 0 aromatic rings. The van der Waals surface area contributed by atoms with E-state index in [9.17, 15) is 18.0 Å². The summed E-state index contributed by atoms with van der Waals surface area (Å²) in [5, 5.41) is 7.12. The molecule has 1 aliphatic rings. The van der Waals surface area contributed by atoms with Gasteiger partial charge < -0.3 is 10.8 Å². The van der Waals surface area contributed by atoms with Crippen LogP contribution in [0.5, 0.6) is 0 Å². The molecule has 0 saturated heterocycles. The molecule has 0 aliphatic heterocycles. The Hall–Kier alpha value is -1.27. The first-order valence-corrected chi connectivity index (χ1v) is 4.34. The first-order chi connectivity index (χ1) is 6.75. The lowest BCUT2D eigenvalue weighted by molar-refractivity contribution is -0.192. The molecular weight excluding hydrogens is 215 g/mol. The van der Waals surface area contributed by atoms with Gasteiger partial charge in [-0.1, -0.05) is 12.8 Å². The standard InChI is InChI=1S/C6H11NO.C2HF3O2/c7-6(8)5-3-1-2-4-5;3-2(4,5)1(6)7/h5H,1-4H2,(H2,7,8);(H,6,7). The van der Waals surface area contributed by atoms with Crippen molar-refractivity contribution in [2.24, 2.45) is 11.7 Å². The molecule has 1 amide bonds. The molecule has 1 aliphatic carbocycles. The lowest BCUT2D eigenvalue weighted by atomic mass is 10.1. The van der Waals surface area contributed by atoms with Gasteiger partial charge in [0.05, 0.1) is 0 Å². The maximum absolute atomic E-state index is 10.6. The van der Waals surface area contributed by atoms with Gasteiger partial charge in [0.25, 0.3) is 0 Å². The number of nitrogens with two attached hydrogens (primary N) is 1. The fourth-order valence-corrected chi connectivity index (χ4v) is 1.21. The summed E-state index contributed by atoms with van der Waals surface area (Å²) >= 11 is 0. The normalized spacial score (nSPS) is 16.7. The molecule has 0 atom stereocenters. The average Bonchev–Trinajstić information content (AvgIpc) is 2.54. The quantitative estimate of drug-likeness (QED) is 0.708. The van der Waals surface area contributed by atoms with Crippen LogP contribution in [0.25, 0.3) is 0 Å². The zero-order valence-corrected chi connectivity index (χ0v) is 7.88. The van der Waals surface area contributed by atoms with E-state index in [1.807, 2.05) is 0 Å². The fourth-order valence-electron chi connectivity index (χ4n) is 1.21. The summed E-state index contributed by atoms with van der Waals surface area (Å²) in [6.07, 6.45) is -0.661. The van der Waals surface area contributed by atoms with Crippen molar-refractivity contribution in [3.63, 3.8) is 0 Å². The number of hydrogen-bond donors (Lipinski definition) is 2. The smallest absolute Gasteiger partial charge is 0.475 e. The molecule has 0 radical (unpaired) electrons. The Morgan fingerprint density at radius 3 is 1.67 bits per heavy atom. The van der Waals surface area contributed by atoms with Crippen LogP contribution in [-0.4, -0.2) is 23.2 Å². The molecule has 3 N–H and O–H groups in total. The largest absolute Gasteiger partial charge is 0.490 e. The van der Waals surface area contributed by atoms with E-state index < -0.39 is 12.1 Å². The van der Waals surface area contributed by atoms with Crippen molar-refractivity contribution in [1.82, 2.24) is 0 Å². The molecule has 0 heterocycles. The molecule has 1 saturated carbocycles. The molecule has 0 aromatic carbocycles. The molecule has 0 bridgehead atoms. The Kier molecular flexibility index (Phi) is 5.10. The third-order valence-electron chi connectivity index (χ3n) is 2.00. The number of carboxylic acids is 1. The van der Waals surface area contributed by atoms with E-state index in [1.165, 1.54) is 12.8 Å². The Morgan fingerprint density at radius 2 is 1.53 bits per heavy atom. The van der Waals surface area contributed by atoms with E-state index in [0.29, 0.717) is 0 Å². The Balaban J connectivity index is 0.000000265. The molecule has 15 heavy (non-hydrogen) atoms. The second-order valence-corrected chi connectivity index (χ2v) is 3.19. The molecule has 0 aromatic heterocycles. The zero-order chi connectivity index (χ0) is 12.1. The highest BCUT2D eigenvalue weighted by atomic mass is 19.4. The molecule has 88 valence electrons. The highest BCUT2D eigenvalue weighted by Gasteiger charge is 2.38. The van der Waals surface area contributed by atoms with Gasteiger partial charge in [0.15, 0.2) is 0 Å². The van der Waals surface area contributed by atoms with Crippen molar-refractivity contribution in [2.75, 3.05) is 0 Å². The van der Waals surface area contributed by atoms with Gasteiger partial charge in [0.2, 0.25) is 5.91 Å². The van der Waals surface area contributed by atoms with Crippen molar-refractivity contribution < 1.29 is 27.9 Å². The molecule has 7 heteroatoms. The number of carbonyl (C=O) groups excluding carboxylic acids is 1. The van der Waals surface area contributed by atoms with Crippen LogP contribution in [0.1, 0.15) is 25.7 Å². The summed E-state index contributed by atoms with van der Waals surface area (Å²) in [7, 11) is 0. The third kappa shape index (κ3) is 5.92. The van der Waals surface area contributed by atoms with E-state index in [4.69, 9.17) is 15.6 Å². The van der Waals surface area contributed by atoms with E-state index in [1.54, 1.807) is 0 Å². The van der Waals surface area contributed by atoms with Gasteiger partial charge >= 0.3 is 12.1 Å². The Bertz CT molecular complexity index is 234. The minimum Gasteiger partial charge on any atom is -0.475 e. The van der Waals surface area contributed by atoms with Crippen LogP contribution in [0, 0.1) is 5.92 Å². The summed E-state index contributed by atoms with van der Waals surface area (Å²) in [4.78, 5) is 19.3. The minimum atomic E-state index is -5.08. The predicted molar refractivity (Wildman–Crippen MR) is 44.8 cm³/mol. The van der Waals surface area contributed by atoms with Crippen LogP contribution >= 0.6 is 0 Å². The van der Waals surface area contributed by atoms with Gasteiger partial charge in [-0.2, -0.15) is 13.2 Å². The number of aliphatic carboxylic acids is 1. The van der Waals surface area contributed by atoms with Crippen LogP contribution in [0.4, 0.5) is 13.2 Å². The lowest BCUT2D eigenvalue weighted by Gasteiger charge is -1.98. The molecule has 1 fully saturated rings. The number of halogens is 3. The van der Waals surface area contributed by atoms with Crippen molar-refractivity contribution in [2.45, 2.75) is 31.9 Å². The van der Waals surface area contributed by atoms with Crippen LogP contribution in [0.2, 0.25) is 0 Å². The summed E-state index contributed by atoms with van der Waals surface area (Å²) in [5.74, 6) is -2.66. The summed E-state index contributed by atoms with van der Waals surface area (Å²) < 4.78 is 31.7. The average molecular weight is 227 g/mol. The van der Waals surface area contributed by atoms with Gasteiger partial charge in [-0.05, 0) is 12.8 Å². The van der Waals surface area contributed by atoms with E-state index in [2.05, 4.69) is 0 Å². The predicted octanol–water partition coefficient (Wildman–Crippen LogP) is 1.30. The number of carboxylic acid groups (broad SMARTS) is 1. The van der Waals surface area contributed by atoms with E-state index >= 15 is 0 Å². The molecule has 1 rings (SSSR count). The minimum absolute atomic E-state index is 0.109. The summed E-state index contributed by atoms with van der Waals surface area (Å²) in [6, 6.07) is 0. The number of amides is 1. The molecular formula is C8H12F3NO3. The third-order valence-corrected chi connectivity index (χ3v) is 2.00. The van der Waals surface area contributed by atoms with Crippen LogP contribution in [0.15, 0.2) is 0 Å². The van der Waals surface area contributed by atoms with Crippen molar-refractivity contribution in [3.8, 4) is 0 Å². The maximum atomic E-state index is 10.6. The topological polar surface area (TPSA) is 80.4 Å². The molecule has 4 nitrogen and oxygen atoms in total. The highest BCUT2D eigenvalue weighted by Crippen LogP contribution is 2.23. The van der Waals surface area contributed by atoms with E-state index in [0.717, 1.165) is 12.8 Å². The number of rotatable bonds is 1. The van der Waals surface area contributed by atoms with Crippen molar-refractivity contribution >= 4 is 11.9 Å². The highest BCUT2D eigenvalue weighted by molar-refractivity contribution is 5.76. The van der Waals surface area contributed by atoms with Crippen molar-refractivity contribution in [3.05, 3.63) is 0 Å². The van der Waals surface area contributed by atoms with Crippen LogP contribution in [-0.2, 0) is 9.59 Å². The molecule has 0 spiro atoms. The number of alkyl halides is 3. The molecule has 0 unspecified atom stereocenters. The Morgan fingerprint density at radius 1 is 1.20 bits per heavy atom. The first kappa shape index (κ1) is 13.7. The zero-order valence-electron chi connectivity index (χ0n) is 7.88. The van der Waals surface area contributed by atoms with Gasteiger partial charge in [0.1, 0.15) is 0 Å². The number of hydrogen-bond acceptors (Lipinski definition) is 2. The van der Waals surface area contributed by atoms with Crippen molar-refractivity contribution in [1.29, 1.82) is 0 Å². The second-order valence-electron chi connectivity index (χ2n) is 3.19. The SMILES string of the molecule is NC(=O)C1CCCC1.O=C(O)C(F)(F)F. The van der Waals surface area contributed by atoms with Crippen LogP contribution in [0.3, 0.4) is 0 Å². The first-order valence-electron chi connectivity index (χ1n) is 4.34. The van der Waals surface area contributed by atoms with E-state index in [-0.39, 0.29) is 11.8 Å².